The average Bonchev–Trinajstić information content (AvgIpc) is 3.18. The van der Waals surface area contributed by atoms with E-state index in [-0.39, 0.29) is 11.8 Å². The predicted octanol–water partition coefficient (Wildman–Crippen LogP) is 4.06. The Kier molecular flexibility index (Phi) is 6.37. The monoisotopic (exact) mass is 465 g/mol. The topological polar surface area (TPSA) is 95.5 Å². The molecule has 2 N–H and O–H groups in total. The molecule has 3 aromatic rings. The van der Waals surface area contributed by atoms with Gasteiger partial charge in [0.15, 0.2) is 5.13 Å². The highest BCUT2D eigenvalue weighted by Crippen LogP contribution is 2.35. The second kappa shape index (κ2) is 9.20. The lowest BCUT2D eigenvalue weighted by atomic mass is 9.96. The number of aryl methyl sites for hydroxylation is 1. The Hall–Kier alpha value is -3.06. The summed E-state index contributed by atoms with van der Waals surface area (Å²) in [4.78, 5) is 21.1. The first kappa shape index (κ1) is 22.1. The van der Waals surface area contributed by atoms with E-state index in [9.17, 15) is 10.1 Å². The number of nitrogens with zero attached hydrogens (tertiary/aromatic N) is 4. The van der Waals surface area contributed by atoms with E-state index in [2.05, 4.69) is 16.0 Å². The number of methoxy groups -OCH3 is 1. The van der Waals surface area contributed by atoms with Gasteiger partial charge in [0.25, 0.3) is 0 Å². The molecule has 32 heavy (non-hydrogen) atoms. The Morgan fingerprint density at radius 1 is 1.31 bits per heavy atom. The second-order valence-electron chi connectivity index (χ2n) is 7.56. The zero-order chi connectivity index (χ0) is 22.8. The Bertz CT molecular complexity index is 1180. The molecule has 1 saturated heterocycles. The molecule has 9 heteroatoms. The maximum atomic E-state index is 12.9. The van der Waals surface area contributed by atoms with Crippen molar-refractivity contribution >= 4 is 40.0 Å². The van der Waals surface area contributed by atoms with Crippen LogP contribution in [0.1, 0.15) is 11.3 Å². The van der Waals surface area contributed by atoms with Crippen LogP contribution in [0.15, 0.2) is 46.7 Å². The molecule has 0 aliphatic carbocycles. The number of thiazole rings is 1. The number of aromatic nitrogens is 1. The van der Waals surface area contributed by atoms with Crippen molar-refractivity contribution in [3.05, 3.63) is 53.7 Å². The molecule has 1 amide bonds. The van der Waals surface area contributed by atoms with Gasteiger partial charge in [-0.2, -0.15) is 5.26 Å². The van der Waals surface area contributed by atoms with Gasteiger partial charge in [-0.3, -0.25) is 14.8 Å². The zero-order valence-electron chi connectivity index (χ0n) is 18.0. The maximum Gasteiger partial charge on any atom is 0.235 e. The fourth-order valence-corrected chi connectivity index (χ4v) is 5.09. The highest BCUT2D eigenvalue weighted by molar-refractivity contribution is 7.99. The lowest BCUT2D eigenvalue weighted by molar-refractivity contribution is -0.122. The van der Waals surface area contributed by atoms with Crippen LogP contribution in [0.3, 0.4) is 0 Å². The molecule has 0 atom stereocenters. The minimum Gasteiger partial charge on any atom is -0.496 e. The lowest BCUT2D eigenvalue weighted by Gasteiger charge is -2.41. The Labute approximate surface area is 195 Å². The smallest absolute Gasteiger partial charge is 0.235 e. The number of hydrogen-bond donors (Lipinski definition) is 1. The van der Waals surface area contributed by atoms with Crippen LogP contribution in [0, 0.1) is 24.2 Å². The molecule has 1 aliphatic rings. The van der Waals surface area contributed by atoms with Crippen molar-refractivity contribution in [1.82, 2.24) is 4.98 Å². The van der Waals surface area contributed by atoms with Crippen molar-refractivity contribution in [3.8, 4) is 22.9 Å². The molecule has 0 bridgehead atoms. The Morgan fingerprint density at radius 3 is 2.62 bits per heavy atom. The van der Waals surface area contributed by atoms with Crippen molar-refractivity contribution in [2.75, 3.05) is 37.0 Å². The van der Waals surface area contributed by atoms with Gasteiger partial charge < -0.3 is 9.64 Å². The lowest BCUT2D eigenvalue weighted by Crippen LogP contribution is -2.54. The highest BCUT2D eigenvalue weighted by atomic mass is 32.2. The molecule has 2 heterocycles. The van der Waals surface area contributed by atoms with Gasteiger partial charge in [-0.1, -0.05) is 23.5 Å². The highest BCUT2D eigenvalue weighted by Gasteiger charge is 2.35. The van der Waals surface area contributed by atoms with Crippen LogP contribution in [0.25, 0.3) is 11.1 Å². The average molecular weight is 466 g/mol. The number of ether oxygens (including phenoxy) is 1. The number of rotatable bonds is 6. The maximum absolute atomic E-state index is 12.9. The number of hydrogen-bond acceptors (Lipinski definition) is 8. The van der Waals surface area contributed by atoms with E-state index in [1.165, 1.54) is 11.3 Å². The molecule has 1 aromatic heterocycles. The van der Waals surface area contributed by atoms with Crippen molar-refractivity contribution < 1.29 is 9.53 Å². The number of carbonyl (C=O) groups is 1. The summed E-state index contributed by atoms with van der Waals surface area (Å²) < 4.78 is 6.37. The SMILES string of the molecule is COc1ccc(C#N)cc1-c1ccc(N2CC(C(=O)N(C)c3nc(C)c(SN)s3)C2)cc1. The number of nitrogens with two attached hydrogens (primary N) is 1. The second-order valence-corrected chi connectivity index (χ2v) is 9.44. The standard InChI is InChI=1S/C23H23N5O2S2/c1-14-22(32-25)31-23(26-14)27(2)21(29)17-12-28(13-17)18-7-5-16(6-8-18)19-10-15(11-24)4-9-20(19)30-3/h4-10,17H,12-13,25H2,1-3H3. The zero-order valence-corrected chi connectivity index (χ0v) is 19.7. The van der Waals surface area contributed by atoms with E-state index in [0.29, 0.717) is 23.8 Å². The van der Waals surface area contributed by atoms with Gasteiger partial charge in [0.2, 0.25) is 5.91 Å². The van der Waals surface area contributed by atoms with Crippen molar-refractivity contribution in [3.63, 3.8) is 0 Å². The molecule has 0 saturated carbocycles. The third-order valence-corrected chi connectivity index (χ3v) is 7.65. The number of benzene rings is 2. The number of carbonyl (C=O) groups excluding carboxylic acids is 1. The van der Waals surface area contributed by atoms with Gasteiger partial charge >= 0.3 is 0 Å². The molecule has 7 nitrogen and oxygen atoms in total. The normalized spacial score (nSPS) is 13.4. The molecule has 0 spiro atoms. The van der Waals surface area contributed by atoms with Crippen molar-refractivity contribution in [2.45, 2.75) is 11.1 Å². The van der Waals surface area contributed by atoms with Crippen molar-refractivity contribution in [2.24, 2.45) is 11.1 Å². The predicted molar refractivity (Wildman–Crippen MR) is 129 cm³/mol. The van der Waals surface area contributed by atoms with Crippen LogP contribution in [-0.2, 0) is 4.79 Å². The van der Waals surface area contributed by atoms with Gasteiger partial charge in [0.05, 0.1) is 34.6 Å². The molecular weight excluding hydrogens is 442 g/mol. The summed E-state index contributed by atoms with van der Waals surface area (Å²) in [5.41, 5.74) is 4.35. The molecule has 4 rings (SSSR count). The first-order chi connectivity index (χ1) is 15.4. The van der Waals surface area contributed by atoms with Gasteiger partial charge in [-0.05, 0) is 54.8 Å². The largest absolute Gasteiger partial charge is 0.496 e. The van der Waals surface area contributed by atoms with E-state index in [1.807, 2.05) is 43.3 Å². The minimum absolute atomic E-state index is 0.0646. The summed E-state index contributed by atoms with van der Waals surface area (Å²) in [6.45, 7) is 3.23. The molecule has 164 valence electrons. The van der Waals surface area contributed by atoms with Crippen LogP contribution >= 0.6 is 23.3 Å². The number of amides is 1. The fourth-order valence-electron chi connectivity index (χ4n) is 3.69. The molecule has 0 radical (unpaired) electrons. The summed E-state index contributed by atoms with van der Waals surface area (Å²) in [5.74, 6) is 0.728. The summed E-state index contributed by atoms with van der Waals surface area (Å²) in [6.07, 6.45) is 0. The molecular formula is C23H23N5O2S2. The molecule has 1 fully saturated rings. The summed E-state index contributed by atoms with van der Waals surface area (Å²) in [5, 5.41) is 15.5. The summed E-state index contributed by atoms with van der Waals surface area (Å²) in [7, 11) is 3.39. The molecule has 1 aliphatic heterocycles. The Balaban J connectivity index is 1.42. The summed E-state index contributed by atoms with van der Waals surface area (Å²) >= 11 is 2.60. The van der Waals surface area contributed by atoms with Crippen LogP contribution < -0.4 is 19.7 Å². The fraction of sp³-hybridized carbons (Fsp3) is 0.261. The van der Waals surface area contributed by atoms with Crippen molar-refractivity contribution in [1.29, 1.82) is 5.26 Å². The van der Waals surface area contributed by atoms with E-state index < -0.39 is 0 Å². The number of nitriles is 1. The third kappa shape index (κ3) is 4.17. The van der Waals surface area contributed by atoms with Gasteiger partial charge in [0.1, 0.15) is 5.75 Å². The van der Waals surface area contributed by atoms with E-state index in [4.69, 9.17) is 9.88 Å². The first-order valence-electron chi connectivity index (χ1n) is 10.0. The van der Waals surface area contributed by atoms with E-state index in [0.717, 1.165) is 44.4 Å². The van der Waals surface area contributed by atoms with E-state index in [1.54, 1.807) is 25.1 Å². The van der Waals surface area contributed by atoms with Gasteiger partial charge in [-0.25, -0.2) is 4.98 Å². The van der Waals surface area contributed by atoms with Crippen LogP contribution in [-0.4, -0.2) is 38.1 Å². The number of anilines is 2. The molecule has 0 unspecified atom stereocenters. The van der Waals surface area contributed by atoms with Gasteiger partial charge in [-0.15, -0.1) is 0 Å². The third-order valence-electron chi connectivity index (χ3n) is 5.57. The Morgan fingerprint density at radius 2 is 2.03 bits per heavy atom. The molecule has 2 aromatic carbocycles. The van der Waals surface area contributed by atoms with Gasteiger partial charge in [0, 0.05) is 31.4 Å². The van der Waals surface area contributed by atoms with Crippen LogP contribution in [0.4, 0.5) is 10.8 Å². The quantitative estimate of drug-likeness (QED) is 0.548. The first-order valence-corrected chi connectivity index (χ1v) is 11.7. The van der Waals surface area contributed by atoms with E-state index >= 15 is 0 Å². The minimum atomic E-state index is -0.0646. The van der Waals surface area contributed by atoms with Crippen LogP contribution in [0.2, 0.25) is 0 Å². The summed E-state index contributed by atoms with van der Waals surface area (Å²) in [6, 6.07) is 15.6. The van der Waals surface area contributed by atoms with Crippen LogP contribution in [0.5, 0.6) is 5.75 Å².